The number of amides is 3. The molecule has 0 aliphatic rings. The molecular formula is C15H12F6N2O4. The smallest absolute Gasteiger partial charge is 0.416 e. The summed E-state index contributed by atoms with van der Waals surface area (Å²) in [5, 5.41) is 1.62. The molecule has 0 aromatic heterocycles. The van der Waals surface area contributed by atoms with Crippen LogP contribution in [0.1, 0.15) is 23.6 Å². The van der Waals surface area contributed by atoms with Crippen molar-refractivity contribution in [2.24, 2.45) is 5.73 Å². The van der Waals surface area contributed by atoms with Crippen molar-refractivity contribution in [3.05, 3.63) is 41.0 Å². The number of benzene rings is 1. The summed E-state index contributed by atoms with van der Waals surface area (Å²) in [6.07, 6.45) is -10.4. The van der Waals surface area contributed by atoms with Gasteiger partial charge in [-0.3, -0.25) is 10.1 Å². The predicted molar refractivity (Wildman–Crippen MR) is 78.8 cm³/mol. The van der Waals surface area contributed by atoms with Crippen molar-refractivity contribution in [1.82, 2.24) is 5.32 Å². The number of urea groups is 1. The third kappa shape index (κ3) is 6.99. The van der Waals surface area contributed by atoms with Crippen LogP contribution in [0.4, 0.5) is 31.1 Å². The second-order valence-electron chi connectivity index (χ2n) is 5.11. The molecule has 0 fully saturated rings. The Bertz CT molecular complexity index is 738. The number of halogens is 6. The average Bonchev–Trinajstić information content (AvgIpc) is 2.50. The second kappa shape index (κ2) is 8.10. The molecule has 1 atom stereocenters. The molecule has 0 aliphatic heterocycles. The summed E-state index contributed by atoms with van der Waals surface area (Å²) in [5.41, 5.74) is 1.01. The fraction of sp³-hybridized carbons (Fsp3) is 0.267. The van der Waals surface area contributed by atoms with Crippen LogP contribution in [-0.4, -0.2) is 24.0 Å². The molecule has 3 N–H and O–H groups in total. The van der Waals surface area contributed by atoms with E-state index in [1.54, 1.807) is 5.32 Å². The third-order valence-corrected chi connectivity index (χ3v) is 2.93. The summed E-state index contributed by atoms with van der Waals surface area (Å²) in [7, 11) is 0. The maximum absolute atomic E-state index is 12.7. The van der Waals surface area contributed by atoms with Crippen molar-refractivity contribution >= 4 is 24.0 Å². The van der Waals surface area contributed by atoms with E-state index in [2.05, 4.69) is 10.5 Å². The van der Waals surface area contributed by atoms with Crippen LogP contribution < -0.4 is 11.1 Å². The van der Waals surface area contributed by atoms with E-state index in [0.717, 1.165) is 6.92 Å². The van der Waals surface area contributed by atoms with Gasteiger partial charge in [-0.25, -0.2) is 9.59 Å². The number of alkyl halides is 6. The van der Waals surface area contributed by atoms with Gasteiger partial charge >= 0.3 is 24.4 Å². The summed E-state index contributed by atoms with van der Waals surface area (Å²) in [6, 6.07) is -0.460. The van der Waals surface area contributed by atoms with E-state index in [9.17, 15) is 40.7 Å². The molecule has 1 aromatic carbocycles. The number of ether oxygens (including phenoxy) is 1. The molecule has 0 spiro atoms. The number of nitrogens with two attached hydrogens (primary N) is 1. The normalized spacial score (nSPS) is 13.3. The molecule has 0 saturated carbocycles. The van der Waals surface area contributed by atoms with Gasteiger partial charge in [0.25, 0.3) is 5.91 Å². The fourth-order valence-corrected chi connectivity index (χ4v) is 1.73. The molecule has 1 rings (SSSR count). The first-order valence-corrected chi connectivity index (χ1v) is 6.98. The van der Waals surface area contributed by atoms with E-state index in [0.29, 0.717) is 24.3 Å². The van der Waals surface area contributed by atoms with Crippen molar-refractivity contribution in [3.63, 3.8) is 0 Å². The lowest BCUT2D eigenvalue weighted by Crippen LogP contribution is -2.42. The lowest BCUT2D eigenvalue weighted by Gasteiger charge is -2.13. The zero-order valence-electron chi connectivity index (χ0n) is 13.4. The monoisotopic (exact) mass is 398 g/mol. The average molecular weight is 398 g/mol. The molecule has 148 valence electrons. The summed E-state index contributed by atoms with van der Waals surface area (Å²) in [6.45, 7) is 1.07. The van der Waals surface area contributed by atoms with Crippen LogP contribution in [0.15, 0.2) is 24.3 Å². The molecule has 12 heteroatoms. The first-order valence-electron chi connectivity index (χ1n) is 6.98. The molecule has 1 unspecified atom stereocenters. The Morgan fingerprint density at radius 2 is 1.52 bits per heavy atom. The van der Waals surface area contributed by atoms with Crippen LogP contribution >= 0.6 is 0 Å². The van der Waals surface area contributed by atoms with Gasteiger partial charge in [0, 0.05) is 6.08 Å². The van der Waals surface area contributed by atoms with Crippen LogP contribution in [0.2, 0.25) is 0 Å². The summed E-state index contributed by atoms with van der Waals surface area (Å²) < 4.78 is 80.9. The molecular weight excluding hydrogens is 386 g/mol. The van der Waals surface area contributed by atoms with E-state index in [1.807, 2.05) is 0 Å². The standard InChI is InChI=1S/C15H12F6N2O4/c1-7(12(25)23-13(22)26)27-11(24)3-2-8-4-9(14(16,17)18)6-10(5-8)15(19,20)21/h2-7H,1H3,(H3,22,23,25,26). The Hall–Kier alpha value is -3.05. The molecule has 6 nitrogen and oxygen atoms in total. The van der Waals surface area contributed by atoms with Gasteiger partial charge in [0.05, 0.1) is 11.1 Å². The first kappa shape index (κ1) is 22.0. The first-order chi connectivity index (χ1) is 12.2. The lowest BCUT2D eigenvalue weighted by molar-refractivity contribution is -0.149. The van der Waals surface area contributed by atoms with Gasteiger partial charge in [-0.15, -0.1) is 0 Å². The van der Waals surface area contributed by atoms with Gasteiger partial charge in [-0.2, -0.15) is 26.3 Å². The highest BCUT2D eigenvalue weighted by atomic mass is 19.4. The molecule has 0 aliphatic carbocycles. The van der Waals surface area contributed by atoms with Crippen LogP contribution in [0, 0.1) is 0 Å². The highest BCUT2D eigenvalue weighted by Gasteiger charge is 2.36. The number of carbonyl (C=O) groups excluding carboxylic acids is 3. The minimum atomic E-state index is -5.04. The van der Waals surface area contributed by atoms with Crippen LogP contribution in [0.5, 0.6) is 0 Å². The largest absolute Gasteiger partial charge is 0.449 e. The molecule has 1 aromatic rings. The Labute approximate surface area is 148 Å². The maximum atomic E-state index is 12.7. The van der Waals surface area contributed by atoms with Gasteiger partial charge in [-0.1, -0.05) is 0 Å². The molecule has 0 heterocycles. The lowest BCUT2D eigenvalue weighted by atomic mass is 10.0. The molecule has 0 radical (unpaired) electrons. The zero-order valence-corrected chi connectivity index (χ0v) is 13.4. The number of rotatable bonds is 4. The summed E-state index contributed by atoms with van der Waals surface area (Å²) in [4.78, 5) is 33.3. The summed E-state index contributed by atoms with van der Waals surface area (Å²) >= 11 is 0. The Kier molecular flexibility index (Phi) is 6.60. The number of esters is 1. The zero-order chi connectivity index (χ0) is 21.0. The second-order valence-corrected chi connectivity index (χ2v) is 5.11. The number of nitrogens with one attached hydrogen (secondary N) is 1. The van der Waals surface area contributed by atoms with E-state index in [4.69, 9.17) is 0 Å². The SMILES string of the molecule is CC(OC(=O)C=Cc1cc(C(F)(F)F)cc(C(F)(F)F)c1)C(=O)NC(N)=O. The summed E-state index contributed by atoms with van der Waals surface area (Å²) in [5.74, 6) is -2.31. The number of carbonyl (C=O) groups is 3. The van der Waals surface area contributed by atoms with Crippen LogP contribution in [0.25, 0.3) is 6.08 Å². The Balaban J connectivity index is 3.01. The van der Waals surface area contributed by atoms with E-state index in [-0.39, 0.29) is 6.07 Å². The number of hydrogen-bond donors (Lipinski definition) is 2. The fourth-order valence-electron chi connectivity index (χ4n) is 1.73. The van der Waals surface area contributed by atoms with E-state index >= 15 is 0 Å². The molecule has 3 amide bonds. The number of primary amides is 1. The number of hydrogen-bond acceptors (Lipinski definition) is 4. The van der Waals surface area contributed by atoms with Gasteiger partial charge in [0.2, 0.25) is 0 Å². The molecule has 0 bridgehead atoms. The maximum Gasteiger partial charge on any atom is 0.416 e. The van der Waals surface area contributed by atoms with Gasteiger partial charge in [0.15, 0.2) is 6.10 Å². The Morgan fingerprint density at radius 1 is 1.04 bits per heavy atom. The van der Waals surface area contributed by atoms with Crippen molar-refractivity contribution in [1.29, 1.82) is 0 Å². The van der Waals surface area contributed by atoms with Crippen molar-refractivity contribution in [2.45, 2.75) is 25.4 Å². The van der Waals surface area contributed by atoms with Gasteiger partial charge in [-0.05, 0) is 36.8 Å². The van der Waals surface area contributed by atoms with Crippen molar-refractivity contribution in [2.75, 3.05) is 0 Å². The van der Waals surface area contributed by atoms with Gasteiger partial charge < -0.3 is 10.5 Å². The van der Waals surface area contributed by atoms with Crippen LogP contribution in [0.3, 0.4) is 0 Å². The van der Waals surface area contributed by atoms with Crippen molar-refractivity contribution in [3.8, 4) is 0 Å². The predicted octanol–water partition coefficient (Wildman–Crippen LogP) is 2.86. The molecule has 27 heavy (non-hydrogen) atoms. The third-order valence-electron chi connectivity index (χ3n) is 2.93. The quantitative estimate of drug-likeness (QED) is 0.463. The topological polar surface area (TPSA) is 98.5 Å². The minimum absolute atomic E-state index is 0.0636. The minimum Gasteiger partial charge on any atom is -0.449 e. The highest BCUT2D eigenvalue weighted by Crippen LogP contribution is 2.36. The Morgan fingerprint density at radius 3 is 1.93 bits per heavy atom. The van der Waals surface area contributed by atoms with E-state index in [1.165, 1.54) is 0 Å². The highest BCUT2D eigenvalue weighted by molar-refractivity contribution is 5.97. The van der Waals surface area contributed by atoms with Gasteiger partial charge in [0.1, 0.15) is 0 Å². The van der Waals surface area contributed by atoms with E-state index < -0.39 is 53.1 Å². The van der Waals surface area contributed by atoms with Crippen LogP contribution in [-0.2, 0) is 26.7 Å². The van der Waals surface area contributed by atoms with Crippen molar-refractivity contribution < 1.29 is 45.5 Å². The molecule has 0 saturated heterocycles. The number of imide groups is 1.